The standard InChI is InChI=1S/C37H45ClFN7O6/c1-22-17-23(19-25(39)18-22)27-21-42-34(41-12-11-40-30(47)9-15-51-16-10-31(48)49)32(35-44-28-6-5-24(38)20-29(28)45-35)33(27)46-13-7-26(8-14-46)43-36(50)52-37(2,3)4/h5-6,17-21,26H,7-16H2,1-4H3,(H,40,47)(H,41,42)(H,43,50)(H,44,45)(H,48,49). The maximum absolute atomic E-state index is 14.9. The van der Waals surface area contributed by atoms with Gasteiger partial charge in [-0.05, 0) is 82.0 Å². The zero-order valence-corrected chi connectivity index (χ0v) is 30.5. The molecule has 1 fully saturated rings. The van der Waals surface area contributed by atoms with Gasteiger partial charge in [0.2, 0.25) is 5.91 Å². The molecule has 1 aliphatic heterocycles. The van der Waals surface area contributed by atoms with Gasteiger partial charge in [0.1, 0.15) is 23.1 Å². The minimum absolute atomic E-state index is 0.0397. The summed E-state index contributed by atoms with van der Waals surface area (Å²) in [7, 11) is 0. The van der Waals surface area contributed by atoms with Crippen molar-refractivity contribution >= 4 is 52.1 Å². The van der Waals surface area contributed by atoms with E-state index in [9.17, 15) is 18.8 Å². The van der Waals surface area contributed by atoms with E-state index < -0.39 is 17.7 Å². The van der Waals surface area contributed by atoms with E-state index in [0.717, 1.165) is 16.8 Å². The predicted molar refractivity (Wildman–Crippen MR) is 198 cm³/mol. The molecule has 278 valence electrons. The smallest absolute Gasteiger partial charge is 0.407 e. The van der Waals surface area contributed by atoms with Gasteiger partial charge in [0.05, 0.1) is 41.9 Å². The molecule has 15 heteroatoms. The summed E-state index contributed by atoms with van der Waals surface area (Å²) < 4.78 is 25.6. The van der Waals surface area contributed by atoms with E-state index in [2.05, 4.69) is 25.8 Å². The van der Waals surface area contributed by atoms with Gasteiger partial charge in [-0.25, -0.2) is 19.2 Å². The quantitative estimate of drug-likeness (QED) is 0.0926. The number of nitrogens with zero attached hydrogens (tertiary/aromatic N) is 3. The number of pyridine rings is 1. The lowest BCUT2D eigenvalue weighted by Gasteiger charge is -2.36. The Kier molecular flexibility index (Phi) is 12.5. The number of halogens is 2. The molecule has 1 saturated heterocycles. The number of nitrogens with one attached hydrogen (secondary N) is 4. The number of piperidine rings is 1. The lowest BCUT2D eigenvalue weighted by molar-refractivity contribution is -0.138. The molecular formula is C37H45ClFN7O6. The largest absolute Gasteiger partial charge is 0.481 e. The van der Waals surface area contributed by atoms with Crippen molar-refractivity contribution in [3.8, 4) is 22.5 Å². The van der Waals surface area contributed by atoms with Crippen LogP contribution >= 0.6 is 11.6 Å². The number of hydrogen-bond acceptors (Lipinski definition) is 9. The summed E-state index contributed by atoms with van der Waals surface area (Å²) in [5.74, 6) is -0.547. The molecule has 5 N–H and O–H groups in total. The average Bonchev–Trinajstić information content (AvgIpc) is 3.48. The number of carbonyl (C=O) groups excluding carboxylic acids is 2. The van der Waals surface area contributed by atoms with Crippen LogP contribution in [-0.2, 0) is 19.1 Å². The van der Waals surface area contributed by atoms with E-state index in [1.165, 1.54) is 12.1 Å². The molecule has 0 atom stereocenters. The highest BCUT2D eigenvalue weighted by Crippen LogP contribution is 2.44. The fraction of sp³-hybridized carbons (Fsp3) is 0.432. The highest BCUT2D eigenvalue weighted by molar-refractivity contribution is 6.31. The highest BCUT2D eigenvalue weighted by Gasteiger charge is 2.30. The Bertz CT molecular complexity index is 1890. The molecule has 2 aromatic carbocycles. The number of carboxylic acids is 1. The number of anilines is 2. The number of aryl methyl sites for hydroxylation is 1. The summed E-state index contributed by atoms with van der Waals surface area (Å²) in [5, 5.41) is 18.5. The number of alkyl carbamates (subject to hydrolysis) is 1. The van der Waals surface area contributed by atoms with Gasteiger partial charge in [0.25, 0.3) is 0 Å². The zero-order chi connectivity index (χ0) is 37.4. The summed E-state index contributed by atoms with van der Waals surface area (Å²) in [6, 6.07) is 10.2. The first-order chi connectivity index (χ1) is 24.8. The molecule has 0 radical (unpaired) electrons. The molecule has 0 aliphatic carbocycles. The maximum atomic E-state index is 14.9. The molecule has 0 bridgehead atoms. The SMILES string of the molecule is Cc1cc(F)cc(-c2cnc(NCCNC(=O)CCOCCC(=O)O)c(-c3nc4ccc(Cl)cc4[nH]3)c2N2CCC(NC(=O)OC(C)(C)C)CC2)c1. The monoisotopic (exact) mass is 737 g/mol. The minimum atomic E-state index is -0.961. The van der Waals surface area contributed by atoms with Gasteiger partial charge in [-0.15, -0.1) is 0 Å². The van der Waals surface area contributed by atoms with Crippen LogP contribution in [0.3, 0.4) is 0 Å². The molecule has 0 unspecified atom stereocenters. The first kappa shape index (κ1) is 38.3. The fourth-order valence-corrected chi connectivity index (χ4v) is 6.18. The number of hydrogen-bond donors (Lipinski definition) is 5. The number of aromatic amines is 1. The third-order valence-corrected chi connectivity index (χ3v) is 8.53. The van der Waals surface area contributed by atoms with Crippen LogP contribution < -0.4 is 20.9 Å². The predicted octanol–water partition coefficient (Wildman–Crippen LogP) is 6.30. The summed E-state index contributed by atoms with van der Waals surface area (Å²) in [5.41, 5.74) is 4.36. The number of aromatic nitrogens is 3. The third-order valence-electron chi connectivity index (χ3n) is 8.29. The summed E-state index contributed by atoms with van der Waals surface area (Å²) >= 11 is 6.33. The second-order valence-corrected chi connectivity index (χ2v) is 14.1. The van der Waals surface area contributed by atoms with E-state index in [4.69, 9.17) is 36.1 Å². The average molecular weight is 738 g/mol. The van der Waals surface area contributed by atoms with Crippen molar-refractivity contribution in [1.29, 1.82) is 0 Å². The van der Waals surface area contributed by atoms with Crippen molar-refractivity contribution in [3.63, 3.8) is 0 Å². The molecule has 52 heavy (non-hydrogen) atoms. The Balaban J connectivity index is 1.46. The summed E-state index contributed by atoms with van der Waals surface area (Å²) in [6.07, 6.45) is 2.49. The zero-order valence-electron chi connectivity index (χ0n) is 29.8. The number of imidazole rings is 1. The summed E-state index contributed by atoms with van der Waals surface area (Å²) in [4.78, 5) is 51.0. The van der Waals surface area contributed by atoms with Crippen LogP contribution in [0.2, 0.25) is 5.02 Å². The Morgan fingerprint density at radius 2 is 1.83 bits per heavy atom. The Labute approximate surface area is 306 Å². The fourth-order valence-electron chi connectivity index (χ4n) is 6.01. The number of benzene rings is 2. The van der Waals surface area contributed by atoms with Crippen molar-refractivity contribution < 1.29 is 33.4 Å². The molecule has 2 aromatic heterocycles. The number of fused-ring (bicyclic) bond motifs is 1. The molecule has 13 nitrogen and oxygen atoms in total. The molecule has 3 heterocycles. The minimum Gasteiger partial charge on any atom is -0.481 e. The van der Waals surface area contributed by atoms with Gasteiger partial charge in [-0.3, -0.25) is 9.59 Å². The number of amides is 2. The Hall–Kier alpha value is -4.95. The van der Waals surface area contributed by atoms with Gasteiger partial charge < -0.3 is 40.4 Å². The van der Waals surface area contributed by atoms with Gasteiger partial charge in [-0.1, -0.05) is 17.7 Å². The third kappa shape index (κ3) is 10.5. The van der Waals surface area contributed by atoms with Crippen LogP contribution in [0.4, 0.5) is 20.7 Å². The van der Waals surface area contributed by atoms with Crippen molar-refractivity contribution in [2.75, 3.05) is 49.6 Å². The van der Waals surface area contributed by atoms with Crippen LogP contribution in [0.5, 0.6) is 0 Å². The van der Waals surface area contributed by atoms with E-state index in [-0.39, 0.29) is 50.4 Å². The number of rotatable bonds is 14. The maximum Gasteiger partial charge on any atom is 0.407 e. The van der Waals surface area contributed by atoms with E-state index in [0.29, 0.717) is 71.3 Å². The number of aliphatic carboxylic acids is 1. The molecule has 0 saturated carbocycles. The first-order valence-electron chi connectivity index (χ1n) is 17.3. The van der Waals surface area contributed by atoms with Gasteiger partial charge >= 0.3 is 12.1 Å². The van der Waals surface area contributed by atoms with Crippen LogP contribution in [0, 0.1) is 12.7 Å². The highest BCUT2D eigenvalue weighted by atomic mass is 35.5. The van der Waals surface area contributed by atoms with Gasteiger partial charge in [-0.2, -0.15) is 0 Å². The number of ether oxygens (including phenoxy) is 2. The first-order valence-corrected chi connectivity index (χ1v) is 17.6. The molecule has 2 amide bonds. The van der Waals surface area contributed by atoms with Crippen molar-refractivity contribution in [2.24, 2.45) is 0 Å². The Morgan fingerprint density at radius 1 is 1.08 bits per heavy atom. The number of H-pyrrole nitrogens is 1. The Morgan fingerprint density at radius 3 is 2.54 bits per heavy atom. The summed E-state index contributed by atoms with van der Waals surface area (Å²) in [6.45, 7) is 9.18. The lowest BCUT2D eigenvalue weighted by atomic mass is 9.96. The van der Waals surface area contributed by atoms with Gasteiger partial charge in [0, 0.05) is 55.4 Å². The van der Waals surface area contributed by atoms with Crippen LogP contribution in [-0.4, -0.2) is 89.1 Å². The van der Waals surface area contributed by atoms with Crippen LogP contribution in [0.1, 0.15) is 52.0 Å². The normalized spacial score (nSPS) is 13.6. The van der Waals surface area contributed by atoms with Crippen LogP contribution in [0.15, 0.2) is 42.6 Å². The van der Waals surface area contributed by atoms with Crippen molar-refractivity contribution in [1.82, 2.24) is 25.6 Å². The molecule has 4 aromatic rings. The second-order valence-electron chi connectivity index (χ2n) is 13.7. The molecule has 0 spiro atoms. The van der Waals surface area contributed by atoms with E-state index in [1.54, 1.807) is 18.3 Å². The lowest BCUT2D eigenvalue weighted by Crippen LogP contribution is -2.46. The molecule has 1 aliphatic rings. The molecular weight excluding hydrogens is 693 g/mol. The van der Waals surface area contributed by atoms with E-state index >= 15 is 0 Å². The van der Waals surface area contributed by atoms with Crippen LogP contribution in [0.25, 0.3) is 33.5 Å². The van der Waals surface area contributed by atoms with Gasteiger partial charge in [0.15, 0.2) is 0 Å². The van der Waals surface area contributed by atoms with Crippen molar-refractivity contribution in [2.45, 2.75) is 65.0 Å². The number of carbonyl (C=O) groups is 3. The number of carboxylic acid groups (broad SMARTS) is 1. The second kappa shape index (κ2) is 17.0. The van der Waals surface area contributed by atoms with Crippen molar-refractivity contribution in [3.05, 3.63) is 59.0 Å². The molecule has 5 rings (SSSR count). The topological polar surface area (TPSA) is 171 Å². The van der Waals surface area contributed by atoms with E-state index in [1.807, 2.05) is 39.8 Å².